The molecule has 1 aliphatic rings. The van der Waals surface area contributed by atoms with Crippen molar-refractivity contribution in [2.24, 2.45) is 5.73 Å². The SMILES string of the molecule is NC1(C(=O)O)CCN(C(=O)Nc2ccc([N+](=O)[O-])cc2)C1. The quantitative estimate of drug-likeness (QED) is 0.551. The van der Waals surface area contributed by atoms with Crippen LogP contribution >= 0.6 is 0 Å². The van der Waals surface area contributed by atoms with Crippen LogP contribution in [-0.4, -0.2) is 45.6 Å². The number of carboxylic acids is 1. The van der Waals surface area contributed by atoms with E-state index >= 15 is 0 Å². The molecule has 2 rings (SSSR count). The predicted molar refractivity (Wildman–Crippen MR) is 72.9 cm³/mol. The second-order valence-corrected chi connectivity index (χ2v) is 4.87. The van der Waals surface area contributed by atoms with Crippen LogP contribution in [0.1, 0.15) is 6.42 Å². The normalized spacial score (nSPS) is 21.1. The van der Waals surface area contributed by atoms with Gasteiger partial charge in [0.05, 0.1) is 11.5 Å². The van der Waals surface area contributed by atoms with E-state index in [0.717, 1.165) is 0 Å². The van der Waals surface area contributed by atoms with E-state index in [2.05, 4.69) is 5.32 Å². The molecule has 0 radical (unpaired) electrons. The highest BCUT2D eigenvalue weighted by Crippen LogP contribution is 2.21. The van der Waals surface area contributed by atoms with Crippen LogP contribution in [0.3, 0.4) is 0 Å². The molecule has 0 aliphatic carbocycles. The van der Waals surface area contributed by atoms with Crippen LogP contribution in [0.15, 0.2) is 24.3 Å². The molecular weight excluding hydrogens is 280 g/mol. The first-order valence-electron chi connectivity index (χ1n) is 6.14. The third-order valence-electron chi connectivity index (χ3n) is 3.34. The Morgan fingerprint density at radius 2 is 2.00 bits per heavy atom. The number of urea groups is 1. The van der Waals surface area contributed by atoms with Gasteiger partial charge in [-0.05, 0) is 18.6 Å². The van der Waals surface area contributed by atoms with Crippen LogP contribution in [0.5, 0.6) is 0 Å². The average Bonchev–Trinajstić information content (AvgIpc) is 2.83. The molecule has 1 heterocycles. The van der Waals surface area contributed by atoms with Gasteiger partial charge >= 0.3 is 12.0 Å². The number of hydrogen-bond acceptors (Lipinski definition) is 5. The molecule has 1 aromatic rings. The Morgan fingerprint density at radius 1 is 1.38 bits per heavy atom. The second-order valence-electron chi connectivity index (χ2n) is 4.87. The number of carboxylic acid groups (broad SMARTS) is 1. The lowest BCUT2D eigenvalue weighted by atomic mass is 10.0. The van der Waals surface area contributed by atoms with Crippen LogP contribution in [0.25, 0.3) is 0 Å². The first kappa shape index (κ1) is 14.7. The third kappa shape index (κ3) is 3.08. The summed E-state index contributed by atoms with van der Waals surface area (Å²) in [4.78, 5) is 34.3. The van der Waals surface area contributed by atoms with E-state index in [-0.39, 0.29) is 25.2 Å². The number of nitrogens with zero attached hydrogens (tertiary/aromatic N) is 2. The van der Waals surface area contributed by atoms with Gasteiger partial charge in [0.15, 0.2) is 0 Å². The van der Waals surface area contributed by atoms with Crippen molar-refractivity contribution in [3.8, 4) is 0 Å². The number of carbonyl (C=O) groups excluding carboxylic acids is 1. The summed E-state index contributed by atoms with van der Waals surface area (Å²) in [6, 6.07) is 4.85. The Labute approximate surface area is 119 Å². The van der Waals surface area contributed by atoms with Gasteiger partial charge in [0, 0.05) is 24.4 Å². The second kappa shape index (κ2) is 5.37. The molecule has 1 aromatic carbocycles. The minimum atomic E-state index is -1.42. The topological polar surface area (TPSA) is 139 Å². The molecule has 4 N–H and O–H groups in total. The maximum atomic E-state index is 12.0. The number of benzene rings is 1. The summed E-state index contributed by atoms with van der Waals surface area (Å²) >= 11 is 0. The minimum absolute atomic E-state index is 0.0822. The highest BCUT2D eigenvalue weighted by atomic mass is 16.6. The lowest BCUT2D eigenvalue weighted by Gasteiger charge is -2.20. The largest absolute Gasteiger partial charge is 0.480 e. The van der Waals surface area contributed by atoms with E-state index in [0.29, 0.717) is 5.69 Å². The summed E-state index contributed by atoms with van der Waals surface area (Å²) in [5.41, 5.74) is 4.56. The molecule has 9 heteroatoms. The molecule has 2 amide bonds. The molecular formula is C12H14N4O5. The Hall–Kier alpha value is -2.68. The van der Waals surface area contributed by atoms with Crippen LogP contribution in [0.4, 0.5) is 16.2 Å². The fraction of sp³-hybridized carbons (Fsp3) is 0.333. The molecule has 21 heavy (non-hydrogen) atoms. The van der Waals surface area contributed by atoms with Gasteiger partial charge in [0.1, 0.15) is 5.54 Å². The lowest BCUT2D eigenvalue weighted by Crippen LogP contribution is -2.51. The van der Waals surface area contributed by atoms with Crippen molar-refractivity contribution < 1.29 is 19.6 Å². The van der Waals surface area contributed by atoms with Gasteiger partial charge in [-0.2, -0.15) is 0 Å². The third-order valence-corrected chi connectivity index (χ3v) is 3.34. The summed E-state index contributed by atoms with van der Waals surface area (Å²) in [6.07, 6.45) is 0.177. The van der Waals surface area contributed by atoms with Crippen LogP contribution < -0.4 is 11.1 Å². The van der Waals surface area contributed by atoms with Gasteiger partial charge in [-0.3, -0.25) is 14.9 Å². The monoisotopic (exact) mass is 294 g/mol. The number of carbonyl (C=O) groups is 2. The van der Waals surface area contributed by atoms with Crippen LogP contribution in [0, 0.1) is 10.1 Å². The Morgan fingerprint density at radius 3 is 2.48 bits per heavy atom. The van der Waals surface area contributed by atoms with Gasteiger partial charge in [0.25, 0.3) is 5.69 Å². The van der Waals surface area contributed by atoms with Gasteiger partial charge < -0.3 is 21.1 Å². The van der Waals surface area contributed by atoms with Crippen molar-refractivity contribution in [1.82, 2.24) is 4.90 Å². The Kier molecular flexibility index (Phi) is 3.76. The molecule has 1 aliphatic heterocycles. The zero-order valence-electron chi connectivity index (χ0n) is 11.0. The van der Waals surface area contributed by atoms with Gasteiger partial charge in [0.2, 0.25) is 0 Å². The number of likely N-dealkylation sites (tertiary alicyclic amines) is 1. The highest BCUT2D eigenvalue weighted by molar-refractivity contribution is 5.91. The van der Waals surface area contributed by atoms with E-state index in [1.54, 1.807) is 0 Å². The number of amides is 2. The highest BCUT2D eigenvalue weighted by Gasteiger charge is 2.42. The molecule has 9 nitrogen and oxygen atoms in total. The van der Waals surface area contributed by atoms with Crippen LogP contribution in [-0.2, 0) is 4.79 Å². The summed E-state index contributed by atoms with van der Waals surface area (Å²) < 4.78 is 0. The van der Waals surface area contributed by atoms with Crippen molar-refractivity contribution in [3.05, 3.63) is 34.4 Å². The number of anilines is 1. The number of nitrogens with one attached hydrogen (secondary N) is 1. The number of nitro benzene ring substituents is 1. The number of nitro groups is 1. The zero-order chi connectivity index (χ0) is 15.6. The maximum absolute atomic E-state index is 12.0. The number of aliphatic carboxylic acids is 1. The van der Waals surface area contributed by atoms with E-state index < -0.39 is 22.5 Å². The maximum Gasteiger partial charge on any atom is 0.325 e. The smallest absolute Gasteiger partial charge is 0.325 e. The van der Waals surface area contributed by atoms with Crippen molar-refractivity contribution in [1.29, 1.82) is 0 Å². The number of non-ortho nitro benzene ring substituents is 1. The Balaban J connectivity index is 1.99. The first-order valence-corrected chi connectivity index (χ1v) is 6.14. The van der Waals surface area contributed by atoms with Crippen molar-refractivity contribution >= 4 is 23.4 Å². The fourth-order valence-electron chi connectivity index (χ4n) is 2.05. The van der Waals surface area contributed by atoms with Crippen LogP contribution in [0.2, 0.25) is 0 Å². The van der Waals surface area contributed by atoms with E-state index in [1.807, 2.05) is 0 Å². The molecule has 0 saturated carbocycles. The molecule has 1 saturated heterocycles. The van der Waals surface area contributed by atoms with E-state index in [4.69, 9.17) is 10.8 Å². The van der Waals surface area contributed by atoms with Crippen molar-refractivity contribution in [2.45, 2.75) is 12.0 Å². The number of nitrogens with two attached hydrogens (primary N) is 1. The molecule has 0 bridgehead atoms. The average molecular weight is 294 g/mol. The molecule has 1 fully saturated rings. The summed E-state index contributed by atoms with van der Waals surface area (Å²) in [7, 11) is 0. The minimum Gasteiger partial charge on any atom is -0.480 e. The lowest BCUT2D eigenvalue weighted by molar-refractivity contribution is -0.384. The molecule has 1 atom stereocenters. The summed E-state index contributed by atoms with van der Waals surface area (Å²) in [5, 5.41) is 22.1. The van der Waals surface area contributed by atoms with Crippen molar-refractivity contribution in [2.75, 3.05) is 18.4 Å². The summed E-state index contributed by atoms with van der Waals surface area (Å²) in [5.74, 6) is -1.15. The predicted octanol–water partition coefficient (Wildman–Crippen LogP) is 0.614. The fourth-order valence-corrected chi connectivity index (χ4v) is 2.05. The van der Waals surface area contributed by atoms with Crippen molar-refractivity contribution in [3.63, 3.8) is 0 Å². The molecule has 0 spiro atoms. The Bertz CT molecular complexity index is 588. The summed E-state index contributed by atoms with van der Waals surface area (Å²) in [6.45, 7) is 0.156. The first-order chi connectivity index (χ1) is 9.82. The number of rotatable bonds is 3. The zero-order valence-corrected chi connectivity index (χ0v) is 11.0. The van der Waals surface area contributed by atoms with Gasteiger partial charge in [-0.15, -0.1) is 0 Å². The van der Waals surface area contributed by atoms with Gasteiger partial charge in [-0.1, -0.05) is 0 Å². The molecule has 112 valence electrons. The van der Waals surface area contributed by atoms with Gasteiger partial charge in [-0.25, -0.2) is 4.79 Å². The van der Waals surface area contributed by atoms with E-state index in [9.17, 15) is 19.7 Å². The standard InChI is InChI=1S/C12H14N4O5/c13-12(10(17)18)5-6-15(7-12)11(19)14-8-1-3-9(4-2-8)16(20)21/h1-4H,5-7,13H2,(H,14,19)(H,17,18). The molecule has 1 unspecified atom stereocenters. The molecule has 0 aromatic heterocycles. The van der Waals surface area contributed by atoms with E-state index in [1.165, 1.54) is 29.2 Å². The number of hydrogen-bond donors (Lipinski definition) is 3.